The van der Waals surface area contributed by atoms with Gasteiger partial charge in [0.15, 0.2) is 0 Å². The van der Waals surface area contributed by atoms with Crippen molar-refractivity contribution in [3.8, 4) is 0 Å². The van der Waals surface area contributed by atoms with Gasteiger partial charge in [-0.3, -0.25) is 0 Å². The lowest BCUT2D eigenvalue weighted by atomic mass is 9.93. The Labute approximate surface area is 106 Å². The highest BCUT2D eigenvalue weighted by atomic mass is 15.2. The molecule has 3 aliphatic rings. The predicted octanol–water partition coefficient (Wildman–Crippen LogP) is 1.01. The molecule has 0 aromatic rings. The highest BCUT2D eigenvalue weighted by Gasteiger charge is 2.34. The van der Waals surface area contributed by atoms with Crippen molar-refractivity contribution in [2.24, 2.45) is 11.8 Å². The van der Waals surface area contributed by atoms with Crippen LogP contribution in [0.3, 0.4) is 0 Å². The quantitative estimate of drug-likeness (QED) is 0.787. The van der Waals surface area contributed by atoms with E-state index in [1.807, 2.05) is 0 Å². The Hall–Kier alpha value is -0.120. The van der Waals surface area contributed by atoms with Crippen LogP contribution < -0.4 is 5.32 Å². The molecule has 0 spiro atoms. The number of likely N-dealkylation sites (tertiary alicyclic amines) is 1. The van der Waals surface area contributed by atoms with Crippen molar-refractivity contribution in [2.75, 3.05) is 45.8 Å². The Morgan fingerprint density at radius 1 is 1.06 bits per heavy atom. The SMILES string of the molecule is CCN1CCC(CNC2CCN3CCC2C3)C1. The molecule has 2 bridgehead atoms. The first-order valence-electron chi connectivity index (χ1n) is 7.53. The Bertz CT molecular complexity index is 256. The number of fused-ring (bicyclic) bond motifs is 2. The minimum Gasteiger partial charge on any atom is -0.313 e. The van der Waals surface area contributed by atoms with Crippen molar-refractivity contribution in [3.63, 3.8) is 0 Å². The molecule has 3 fully saturated rings. The number of piperidine rings is 1. The maximum absolute atomic E-state index is 3.88. The van der Waals surface area contributed by atoms with Crippen molar-refractivity contribution in [2.45, 2.75) is 32.2 Å². The number of rotatable bonds is 4. The molecule has 3 nitrogen and oxygen atoms in total. The topological polar surface area (TPSA) is 18.5 Å². The van der Waals surface area contributed by atoms with Gasteiger partial charge in [-0.05, 0) is 63.8 Å². The summed E-state index contributed by atoms with van der Waals surface area (Å²) in [5.74, 6) is 1.86. The molecule has 0 radical (unpaired) electrons. The molecule has 3 aliphatic heterocycles. The number of hydrogen-bond donors (Lipinski definition) is 1. The summed E-state index contributed by atoms with van der Waals surface area (Å²) in [5, 5.41) is 3.88. The van der Waals surface area contributed by atoms with Crippen LogP contribution in [0.5, 0.6) is 0 Å². The van der Waals surface area contributed by atoms with Crippen LogP contribution in [0.1, 0.15) is 26.2 Å². The molecule has 0 amide bonds. The number of nitrogens with zero attached hydrogens (tertiary/aromatic N) is 2. The zero-order chi connectivity index (χ0) is 11.7. The van der Waals surface area contributed by atoms with E-state index in [1.165, 1.54) is 65.1 Å². The molecule has 0 aromatic heterocycles. The third-order valence-corrected chi connectivity index (χ3v) is 5.12. The Kier molecular flexibility index (Phi) is 3.69. The fraction of sp³-hybridized carbons (Fsp3) is 1.00. The molecular weight excluding hydrogens is 210 g/mol. The number of nitrogens with one attached hydrogen (secondary N) is 1. The maximum Gasteiger partial charge on any atom is 0.0120 e. The second-order valence-corrected chi connectivity index (χ2v) is 6.20. The highest BCUT2D eigenvalue weighted by Crippen LogP contribution is 2.27. The van der Waals surface area contributed by atoms with E-state index in [1.54, 1.807) is 0 Å². The molecule has 0 saturated carbocycles. The van der Waals surface area contributed by atoms with Gasteiger partial charge in [-0.15, -0.1) is 0 Å². The van der Waals surface area contributed by atoms with Gasteiger partial charge < -0.3 is 15.1 Å². The molecule has 0 aliphatic carbocycles. The zero-order valence-electron chi connectivity index (χ0n) is 11.2. The first kappa shape index (κ1) is 11.9. The van der Waals surface area contributed by atoms with E-state index in [2.05, 4.69) is 22.0 Å². The molecule has 17 heavy (non-hydrogen) atoms. The van der Waals surface area contributed by atoms with Crippen molar-refractivity contribution >= 4 is 0 Å². The van der Waals surface area contributed by atoms with Crippen molar-refractivity contribution in [1.82, 2.24) is 15.1 Å². The van der Waals surface area contributed by atoms with Crippen LogP contribution in [0.2, 0.25) is 0 Å². The van der Waals surface area contributed by atoms with E-state index in [0.29, 0.717) is 0 Å². The van der Waals surface area contributed by atoms with E-state index < -0.39 is 0 Å². The molecule has 4 unspecified atom stereocenters. The molecule has 0 aromatic carbocycles. The zero-order valence-corrected chi connectivity index (χ0v) is 11.2. The molecule has 3 heterocycles. The molecule has 1 N–H and O–H groups in total. The smallest absolute Gasteiger partial charge is 0.0120 e. The van der Waals surface area contributed by atoms with E-state index in [-0.39, 0.29) is 0 Å². The largest absolute Gasteiger partial charge is 0.313 e. The fourth-order valence-electron chi connectivity index (χ4n) is 3.90. The summed E-state index contributed by atoms with van der Waals surface area (Å²) in [6, 6.07) is 0.824. The second kappa shape index (κ2) is 5.25. The average molecular weight is 237 g/mol. The van der Waals surface area contributed by atoms with Crippen LogP contribution >= 0.6 is 0 Å². The van der Waals surface area contributed by atoms with E-state index in [4.69, 9.17) is 0 Å². The molecule has 3 heteroatoms. The first-order chi connectivity index (χ1) is 8.35. The molecular formula is C14H27N3. The summed E-state index contributed by atoms with van der Waals surface area (Å²) in [5.41, 5.74) is 0. The summed E-state index contributed by atoms with van der Waals surface area (Å²) < 4.78 is 0. The summed E-state index contributed by atoms with van der Waals surface area (Å²) in [4.78, 5) is 5.22. The van der Waals surface area contributed by atoms with Crippen molar-refractivity contribution in [1.29, 1.82) is 0 Å². The van der Waals surface area contributed by atoms with Gasteiger partial charge in [0, 0.05) is 19.1 Å². The van der Waals surface area contributed by atoms with Gasteiger partial charge in [-0.25, -0.2) is 0 Å². The average Bonchev–Trinajstić information content (AvgIpc) is 2.96. The summed E-state index contributed by atoms with van der Waals surface area (Å²) in [6.07, 6.45) is 4.22. The van der Waals surface area contributed by atoms with Gasteiger partial charge in [0.05, 0.1) is 0 Å². The van der Waals surface area contributed by atoms with Crippen LogP contribution in [-0.2, 0) is 0 Å². The summed E-state index contributed by atoms with van der Waals surface area (Å²) >= 11 is 0. The standard InChI is InChI=1S/C14H27N3/c1-2-16-6-3-12(10-16)9-15-14-5-8-17-7-4-13(14)11-17/h12-15H,2-11H2,1H3. The van der Waals surface area contributed by atoms with Gasteiger partial charge in [0.2, 0.25) is 0 Å². The van der Waals surface area contributed by atoms with Crippen LogP contribution in [0, 0.1) is 11.8 Å². The van der Waals surface area contributed by atoms with Crippen LogP contribution in [0.25, 0.3) is 0 Å². The van der Waals surface area contributed by atoms with Gasteiger partial charge in [-0.1, -0.05) is 6.92 Å². The summed E-state index contributed by atoms with van der Waals surface area (Å²) in [7, 11) is 0. The van der Waals surface area contributed by atoms with E-state index in [9.17, 15) is 0 Å². The van der Waals surface area contributed by atoms with Crippen LogP contribution in [0.15, 0.2) is 0 Å². The minimum absolute atomic E-state index is 0.824. The highest BCUT2D eigenvalue weighted by molar-refractivity contribution is 4.91. The Balaban J connectivity index is 1.42. The van der Waals surface area contributed by atoms with Crippen LogP contribution in [0.4, 0.5) is 0 Å². The lowest BCUT2D eigenvalue weighted by Crippen LogP contribution is -2.45. The summed E-state index contributed by atoms with van der Waals surface area (Å²) in [6.45, 7) is 11.5. The minimum atomic E-state index is 0.824. The fourth-order valence-corrected chi connectivity index (χ4v) is 3.90. The van der Waals surface area contributed by atoms with E-state index in [0.717, 1.165) is 17.9 Å². The van der Waals surface area contributed by atoms with Crippen LogP contribution in [-0.4, -0.2) is 61.7 Å². The Morgan fingerprint density at radius 2 is 1.94 bits per heavy atom. The lowest BCUT2D eigenvalue weighted by molar-refractivity contribution is 0.215. The molecule has 3 saturated heterocycles. The predicted molar refractivity (Wildman–Crippen MR) is 71.2 cm³/mol. The van der Waals surface area contributed by atoms with Crippen molar-refractivity contribution in [3.05, 3.63) is 0 Å². The second-order valence-electron chi connectivity index (χ2n) is 6.20. The van der Waals surface area contributed by atoms with Gasteiger partial charge >= 0.3 is 0 Å². The molecule has 98 valence electrons. The maximum atomic E-state index is 3.88. The van der Waals surface area contributed by atoms with Gasteiger partial charge in [0.1, 0.15) is 0 Å². The molecule has 3 rings (SSSR count). The third-order valence-electron chi connectivity index (χ3n) is 5.12. The van der Waals surface area contributed by atoms with Gasteiger partial charge in [-0.2, -0.15) is 0 Å². The first-order valence-corrected chi connectivity index (χ1v) is 7.53. The van der Waals surface area contributed by atoms with Gasteiger partial charge in [0.25, 0.3) is 0 Å². The number of hydrogen-bond acceptors (Lipinski definition) is 3. The monoisotopic (exact) mass is 237 g/mol. The van der Waals surface area contributed by atoms with Crippen molar-refractivity contribution < 1.29 is 0 Å². The molecule has 4 atom stereocenters. The third kappa shape index (κ3) is 2.67. The van der Waals surface area contributed by atoms with E-state index >= 15 is 0 Å². The lowest BCUT2D eigenvalue weighted by Gasteiger charge is -2.32. The Morgan fingerprint density at radius 3 is 2.76 bits per heavy atom. The normalized spacial score (nSPS) is 42.2.